The lowest BCUT2D eigenvalue weighted by molar-refractivity contribution is 0.386. The van der Waals surface area contributed by atoms with Crippen molar-refractivity contribution in [2.75, 3.05) is 6.54 Å². The Kier molecular flexibility index (Phi) is 4.52. The summed E-state index contributed by atoms with van der Waals surface area (Å²) in [5.41, 5.74) is 1.20. The molecule has 0 aliphatic heterocycles. The molecule has 0 fully saturated rings. The minimum Gasteiger partial charge on any atom is -0.508 e. The average molecular weight is 261 g/mol. The normalized spacial score (nSPS) is 12.5. The van der Waals surface area contributed by atoms with Gasteiger partial charge in [-0.2, -0.15) is 4.98 Å². The van der Waals surface area contributed by atoms with E-state index in [0.29, 0.717) is 17.7 Å². The largest absolute Gasteiger partial charge is 0.508 e. The quantitative estimate of drug-likeness (QED) is 0.830. The first-order valence-electron chi connectivity index (χ1n) is 6.44. The summed E-state index contributed by atoms with van der Waals surface area (Å²) in [7, 11) is 0. The van der Waals surface area contributed by atoms with Gasteiger partial charge in [0.25, 0.3) is 0 Å². The Hall–Kier alpha value is -1.88. The number of phenolic OH excluding ortho intramolecular Hbond substituents is 1. The van der Waals surface area contributed by atoms with Crippen LogP contribution in [0.1, 0.15) is 24.2 Å². The first-order valence-corrected chi connectivity index (χ1v) is 6.44. The summed E-state index contributed by atoms with van der Waals surface area (Å²) in [5, 5.41) is 16.5. The van der Waals surface area contributed by atoms with Gasteiger partial charge in [-0.1, -0.05) is 17.3 Å². The van der Waals surface area contributed by atoms with Crippen LogP contribution in [0, 0.1) is 6.92 Å². The zero-order chi connectivity index (χ0) is 13.7. The van der Waals surface area contributed by atoms with Crippen molar-refractivity contribution in [2.24, 2.45) is 0 Å². The number of aromatic hydroxyl groups is 1. The highest BCUT2D eigenvalue weighted by Crippen LogP contribution is 2.11. The molecule has 0 spiro atoms. The molecule has 19 heavy (non-hydrogen) atoms. The van der Waals surface area contributed by atoms with Crippen LogP contribution in [0.3, 0.4) is 0 Å². The van der Waals surface area contributed by atoms with Crippen LogP contribution >= 0.6 is 0 Å². The molecule has 0 aliphatic carbocycles. The summed E-state index contributed by atoms with van der Waals surface area (Å²) in [5.74, 6) is 1.64. The number of nitrogens with one attached hydrogen (secondary N) is 1. The zero-order valence-corrected chi connectivity index (χ0v) is 11.3. The van der Waals surface area contributed by atoms with E-state index in [1.807, 2.05) is 12.1 Å². The molecule has 1 unspecified atom stereocenters. The molecule has 1 aromatic carbocycles. The van der Waals surface area contributed by atoms with Gasteiger partial charge in [0.2, 0.25) is 5.89 Å². The van der Waals surface area contributed by atoms with Gasteiger partial charge in [-0.05, 0) is 31.0 Å². The topological polar surface area (TPSA) is 71.2 Å². The van der Waals surface area contributed by atoms with Crippen molar-refractivity contribution in [3.63, 3.8) is 0 Å². The molecule has 2 rings (SSSR count). The maximum Gasteiger partial charge on any atom is 0.223 e. The molecule has 0 bridgehead atoms. The van der Waals surface area contributed by atoms with Crippen molar-refractivity contribution in [3.8, 4) is 5.75 Å². The van der Waals surface area contributed by atoms with E-state index < -0.39 is 0 Å². The van der Waals surface area contributed by atoms with E-state index in [-0.39, 0.29) is 0 Å². The third kappa shape index (κ3) is 4.37. The van der Waals surface area contributed by atoms with Crippen LogP contribution in [0.5, 0.6) is 5.75 Å². The third-order valence-electron chi connectivity index (χ3n) is 2.89. The van der Waals surface area contributed by atoms with Gasteiger partial charge in [0, 0.05) is 25.9 Å². The zero-order valence-electron chi connectivity index (χ0n) is 11.3. The summed E-state index contributed by atoms with van der Waals surface area (Å²) < 4.78 is 4.92. The smallest absolute Gasteiger partial charge is 0.223 e. The van der Waals surface area contributed by atoms with Crippen molar-refractivity contribution in [1.29, 1.82) is 0 Å². The second kappa shape index (κ2) is 6.33. The highest BCUT2D eigenvalue weighted by Gasteiger charge is 2.05. The number of nitrogens with zero attached hydrogens (tertiary/aromatic N) is 2. The van der Waals surface area contributed by atoms with Crippen molar-refractivity contribution >= 4 is 0 Å². The Balaban J connectivity index is 1.72. The van der Waals surface area contributed by atoms with Crippen LogP contribution in [0.15, 0.2) is 28.8 Å². The number of aromatic nitrogens is 2. The van der Waals surface area contributed by atoms with Gasteiger partial charge in [-0.15, -0.1) is 0 Å². The van der Waals surface area contributed by atoms with Crippen LogP contribution in [0.2, 0.25) is 0 Å². The molecule has 0 aliphatic rings. The standard InChI is InChI=1S/C14H19N3O2/c1-10(9-12-3-5-13(18)6-4-12)15-8-7-14-16-11(2)19-17-14/h3-6,10,15,18H,7-9H2,1-2H3. The summed E-state index contributed by atoms with van der Waals surface area (Å²) in [6.45, 7) is 4.74. The Morgan fingerprint density at radius 1 is 1.32 bits per heavy atom. The van der Waals surface area contributed by atoms with Gasteiger partial charge in [0.15, 0.2) is 5.82 Å². The van der Waals surface area contributed by atoms with E-state index in [9.17, 15) is 5.11 Å². The molecule has 5 nitrogen and oxygen atoms in total. The number of rotatable bonds is 6. The number of hydrogen-bond acceptors (Lipinski definition) is 5. The maximum atomic E-state index is 9.22. The van der Waals surface area contributed by atoms with Crippen LogP contribution in [-0.2, 0) is 12.8 Å². The summed E-state index contributed by atoms with van der Waals surface area (Å²) in [6, 6.07) is 7.66. The predicted octanol–water partition coefficient (Wildman–Crippen LogP) is 1.85. The Bertz CT molecular complexity index is 508. The van der Waals surface area contributed by atoms with Crippen molar-refractivity contribution in [1.82, 2.24) is 15.5 Å². The van der Waals surface area contributed by atoms with Crippen molar-refractivity contribution in [2.45, 2.75) is 32.7 Å². The van der Waals surface area contributed by atoms with E-state index in [1.54, 1.807) is 19.1 Å². The number of phenols is 1. The van der Waals surface area contributed by atoms with Gasteiger partial charge in [0.1, 0.15) is 5.75 Å². The molecule has 5 heteroatoms. The fraction of sp³-hybridized carbons (Fsp3) is 0.429. The molecule has 1 heterocycles. The molecule has 0 saturated heterocycles. The first kappa shape index (κ1) is 13.5. The van der Waals surface area contributed by atoms with E-state index in [1.165, 1.54) is 5.56 Å². The van der Waals surface area contributed by atoms with Crippen LogP contribution in [0.4, 0.5) is 0 Å². The lowest BCUT2D eigenvalue weighted by atomic mass is 10.1. The van der Waals surface area contributed by atoms with Crippen molar-refractivity contribution < 1.29 is 9.63 Å². The molecule has 0 radical (unpaired) electrons. The molecular formula is C14H19N3O2. The molecule has 2 N–H and O–H groups in total. The van der Waals surface area contributed by atoms with Crippen LogP contribution in [-0.4, -0.2) is 27.8 Å². The number of aryl methyl sites for hydroxylation is 1. The molecule has 0 amide bonds. The Morgan fingerprint density at radius 2 is 2.05 bits per heavy atom. The van der Waals surface area contributed by atoms with E-state index in [2.05, 4.69) is 22.4 Å². The molecule has 0 saturated carbocycles. The Morgan fingerprint density at radius 3 is 2.68 bits per heavy atom. The predicted molar refractivity (Wildman–Crippen MR) is 72.0 cm³/mol. The summed E-state index contributed by atoms with van der Waals surface area (Å²) in [6.07, 6.45) is 1.68. The summed E-state index contributed by atoms with van der Waals surface area (Å²) in [4.78, 5) is 4.16. The van der Waals surface area contributed by atoms with Crippen LogP contribution in [0.25, 0.3) is 0 Å². The van der Waals surface area contributed by atoms with Gasteiger partial charge in [0.05, 0.1) is 0 Å². The molecule has 1 atom stereocenters. The number of hydrogen-bond donors (Lipinski definition) is 2. The van der Waals surface area contributed by atoms with E-state index >= 15 is 0 Å². The first-order chi connectivity index (χ1) is 9.13. The monoisotopic (exact) mass is 261 g/mol. The second-order valence-electron chi connectivity index (χ2n) is 4.71. The minimum atomic E-state index is 0.303. The van der Waals surface area contributed by atoms with E-state index in [4.69, 9.17) is 4.52 Å². The molecule has 2 aromatic rings. The third-order valence-corrected chi connectivity index (χ3v) is 2.89. The van der Waals surface area contributed by atoms with Gasteiger partial charge in [-0.3, -0.25) is 0 Å². The lowest BCUT2D eigenvalue weighted by Crippen LogP contribution is -2.30. The van der Waals surface area contributed by atoms with Gasteiger partial charge < -0.3 is 14.9 Å². The van der Waals surface area contributed by atoms with Crippen molar-refractivity contribution in [3.05, 3.63) is 41.5 Å². The Labute approximate surface area is 112 Å². The van der Waals surface area contributed by atoms with Gasteiger partial charge in [-0.25, -0.2) is 0 Å². The van der Waals surface area contributed by atoms with E-state index in [0.717, 1.165) is 25.2 Å². The second-order valence-corrected chi connectivity index (χ2v) is 4.71. The SMILES string of the molecule is Cc1nc(CCNC(C)Cc2ccc(O)cc2)no1. The van der Waals surface area contributed by atoms with Crippen LogP contribution < -0.4 is 5.32 Å². The maximum absolute atomic E-state index is 9.22. The highest BCUT2D eigenvalue weighted by atomic mass is 16.5. The minimum absolute atomic E-state index is 0.303. The lowest BCUT2D eigenvalue weighted by Gasteiger charge is -2.13. The molecule has 1 aromatic heterocycles. The average Bonchev–Trinajstić information content (AvgIpc) is 2.78. The fourth-order valence-corrected chi connectivity index (χ4v) is 1.93. The number of benzene rings is 1. The molecular weight excluding hydrogens is 242 g/mol. The molecule has 102 valence electrons. The summed E-state index contributed by atoms with van der Waals surface area (Å²) >= 11 is 0. The highest BCUT2D eigenvalue weighted by molar-refractivity contribution is 5.26. The fourth-order valence-electron chi connectivity index (χ4n) is 1.93. The van der Waals surface area contributed by atoms with Gasteiger partial charge >= 0.3 is 0 Å².